The highest BCUT2D eigenvalue weighted by Crippen LogP contribution is 2.23. The summed E-state index contributed by atoms with van der Waals surface area (Å²) in [6.45, 7) is 10.9. The van der Waals surface area contributed by atoms with Crippen LogP contribution in [-0.4, -0.2) is 30.3 Å². The molecule has 1 heterocycles. The molecule has 0 radical (unpaired) electrons. The summed E-state index contributed by atoms with van der Waals surface area (Å²) in [6.07, 6.45) is 3.30. The molecule has 31 heavy (non-hydrogen) atoms. The summed E-state index contributed by atoms with van der Waals surface area (Å²) in [5, 5.41) is 0. The first-order valence-corrected chi connectivity index (χ1v) is 11.8. The number of aromatic nitrogens is 1. The van der Waals surface area contributed by atoms with E-state index in [0.717, 1.165) is 29.5 Å². The fourth-order valence-electron chi connectivity index (χ4n) is 3.60. The van der Waals surface area contributed by atoms with Gasteiger partial charge in [0.15, 0.2) is 4.80 Å². The predicted molar refractivity (Wildman–Crippen MR) is 127 cm³/mol. The number of unbranched alkanes of at least 4 members (excludes halogenated alkanes) is 2. The van der Waals surface area contributed by atoms with Crippen LogP contribution in [0.1, 0.15) is 54.6 Å². The van der Waals surface area contributed by atoms with Crippen LogP contribution < -0.4 is 9.54 Å². The maximum absolute atomic E-state index is 13.0. The molecule has 0 aliphatic rings. The maximum atomic E-state index is 13.0. The number of amides is 1. The predicted octanol–water partition coefficient (Wildman–Crippen LogP) is 5.67. The Labute approximate surface area is 188 Å². The van der Waals surface area contributed by atoms with Crippen molar-refractivity contribution in [3.8, 4) is 5.75 Å². The molecule has 1 aromatic heterocycles. The lowest BCUT2D eigenvalue weighted by Gasteiger charge is -2.08. The van der Waals surface area contributed by atoms with E-state index in [0.29, 0.717) is 42.5 Å². The van der Waals surface area contributed by atoms with Crippen molar-refractivity contribution >= 4 is 27.5 Å². The van der Waals surface area contributed by atoms with Crippen molar-refractivity contribution in [2.45, 2.75) is 53.5 Å². The minimum atomic E-state index is -0.259. The van der Waals surface area contributed by atoms with Gasteiger partial charge in [0.1, 0.15) is 5.75 Å². The van der Waals surface area contributed by atoms with Gasteiger partial charge in [-0.05, 0) is 62.6 Å². The van der Waals surface area contributed by atoms with Gasteiger partial charge < -0.3 is 14.0 Å². The van der Waals surface area contributed by atoms with E-state index in [1.54, 1.807) is 23.5 Å². The Balaban J connectivity index is 1.93. The van der Waals surface area contributed by atoms with Crippen LogP contribution in [0.4, 0.5) is 0 Å². The number of hydrogen-bond acceptors (Lipinski definition) is 4. The SMILES string of the molecule is CCCCCOc1cccc(C(=O)N=c2sc3cc(C)cc(C)c3n2CCOCC)c1. The van der Waals surface area contributed by atoms with E-state index in [2.05, 4.69) is 42.5 Å². The Hall–Kier alpha value is -2.44. The minimum Gasteiger partial charge on any atom is -0.494 e. The summed E-state index contributed by atoms with van der Waals surface area (Å²) in [7, 11) is 0. The lowest BCUT2D eigenvalue weighted by molar-refractivity contribution is 0.0996. The topological polar surface area (TPSA) is 52.8 Å². The van der Waals surface area contributed by atoms with Crippen LogP contribution in [0, 0.1) is 13.8 Å². The average Bonchev–Trinajstić information content (AvgIpc) is 3.08. The van der Waals surface area contributed by atoms with Crippen molar-refractivity contribution in [3.63, 3.8) is 0 Å². The molecule has 0 atom stereocenters. The number of benzene rings is 2. The molecule has 3 rings (SSSR count). The Kier molecular flexibility index (Phi) is 8.43. The van der Waals surface area contributed by atoms with Gasteiger partial charge in [-0.2, -0.15) is 4.99 Å². The molecular weight excluding hydrogens is 408 g/mol. The van der Waals surface area contributed by atoms with Gasteiger partial charge in [-0.1, -0.05) is 43.2 Å². The molecule has 1 amide bonds. The maximum Gasteiger partial charge on any atom is 0.279 e. The molecule has 0 unspecified atom stereocenters. The first-order valence-electron chi connectivity index (χ1n) is 11.0. The van der Waals surface area contributed by atoms with E-state index in [4.69, 9.17) is 9.47 Å². The number of fused-ring (bicyclic) bond motifs is 1. The van der Waals surface area contributed by atoms with Crippen molar-refractivity contribution in [2.75, 3.05) is 19.8 Å². The normalized spacial score (nSPS) is 11.9. The van der Waals surface area contributed by atoms with Crippen molar-refractivity contribution in [3.05, 3.63) is 57.9 Å². The molecule has 3 aromatic rings. The van der Waals surface area contributed by atoms with Crippen LogP contribution in [0.3, 0.4) is 0 Å². The highest BCUT2D eigenvalue weighted by atomic mass is 32.1. The van der Waals surface area contributed by atoms with Gasteiger partial charge in [-0.25, -0.2) is 0 Å². The zero-order chi connectivity index (χ0) is 22.2. The van der Waals surface area contributed by atoms with Crippen LogP contribution in [0.15, 0.2) is 41.4 Å². The number of ether oxygens (including phenoxy) is 2. The fourth-order valence-corrected chi connectivity index (χ4v) is 4.83. The second-order valence-electron chi connectivity index (χ2n) is 7.66. The van der Waals surface area contributed by atoms with E-state index < -0.39 is 0 Å². The zero-order valence-corrected chi connectivity index (χ0v) is 19.8. The Morgan fingerprint density at radius 2 is 1.94 bits per heavy atom. The first-order chi connectivity index (χ1) is 15.0. The largest absolute Gasteiger partial charge is 0.494 e. The number of hydrogen-bond donors (Lipinski definition) is 0. The highest BCUT2D eigenvalue weighted by molar-refractivity contribution is 7.16. The molecule has 0 saturated carbocycles. The van der Waals surface area contributed by atoms with E-state index in [1.165, 1.54) is 11.1 Å². The number of rotatable bonds is 10. The molecule has 2 aromatic carbocycles. The van der Waals surface area contributed by atoms with Gasteiger partial charge in [0.2, 0.25) is 0 Å². The van der Waals surface area contributed by atoms with Gasteiger partial charge in [0.25, 0.3) is 5.91 Å². The number of carbonyl (C=O) groups is 1. The van der Waals surface area contributed by atoms with E-state index >= 15 is 0 Å². The molecule has 0 aliphatic heterocycles. The third-order valence-corrected chi connectivity index (χ3v) is 6.10. The van der Waals surface area contributed by atoms with Crippen molar-refractivity contribution in [1.82, 2.24) is 4.57 Å². The van der Waals surface area contributed by atoms with Crippen LogP contribution in [-0.2, 0) is 11.3 Å². The molecule has 0 aliphatic carbocycles. The van der Waals surface area contributed by atoms with E-state index in [9.17, 15) is 4.79 Å². The van der Waals surface area contributed by atoms with Gasteiger partial charge in [0, 0.05) is 18.7 Å². The zero-order valence-electron chi connectivity index (χ0n) is 18.9. The second-order valence-corrected chi connectivity index (χ2v) is 8.67. The molecule has 5 nitrogen and oxygen atoms in total. The highest BCUT2D eigenvalue weighted by Gasteiger charge is 2.12. The standard InChI is InChI=1S/C25H32N2O3S/c1-5-7-8-13-30-21-11-9-10-20(17-21)24(28)26-25-27(12-14-29-6-2)23-19(4)15-18(3)16-22(23)31-25/h9-11,15-17H,5-8,12-14H2,1-4H3. The van der Waals surface area contributed by atoms with Crippen LogP contribution in [0.2, 0.25) is 0 Å². The summed E-state index contributed by atoms with van der Waals surface area (Å²) in [4.78, 5) is 18.2. The monoisotopic (exact) mass is 440 g/mol. The van der Waals surface area contributed by atoms with Crippen molar-refractivity contribution < 1.29 is 14.3 Å². The number of nitrogens with zero attached hydrogens (tertiary/aromatic N) is 2. The van der Waals surface area contributed by atoms with Gasteiger partial charge in [-0.15, -0.1) is 0 Å². The molecule has 0 fully saturated rings. The van der Waals surface area contributed by atoms with Gasteiger partial charge in [0.05, 0.1) is 23.4 Å². The van der Waals surface area contributed by atoms with Crippen molar-refractivity contribution in [2.24, 2.45) is 4.99 Å². The quantitative estimate of drug-likeness (QED) is 0.382. The summed E-state index contributed by atoms with van der Waals surface area (Å²) in [5.41, 5.74) is 4.04. The summed E-state index contributed by atoms with van der Waals surface area (Å²) in [5.74, 6) is 0.453. The molecule has 0 spiro atoms. The van der Waals surface area contributed by atoms with E-state index in [1.807, 2.05) is 19.1 Å². The Bertz CT molecular complexity index is 1100. The number of thiazole rings is 1. The lowest BCUT2D eigenvalue weighted by Crippen LogP contribution is -2.20. The lowest BCUT2D eigenvalue weighted by atomic mass is 10.1. The number of aryl methyl sites for hydroxylation is 2. The molecule has 166 valence electrons. The fraction of sp³-hybridized carbons (Fsp3) is 0.440. The molecule has 0 N–H and O–H groups in total. The third kappa shape index (κ3) is 6.05. The van der Waals surface area contributed by atoms with Crippen LogP contribution in [0.5, 0.6) is 5.75 Å². The van der Waals surface area contributed by atoms with E-state index in [-0.39, 0.29) is 5.91 Å². The van der Waals surface area contributed by atoms with Gasteiger partial charge in [-0.3, -0.25) is 4.79 Å². The Morgan fingerprint density at radius 1 is 1.10 bits per heavy atom. The summed E-state index contributed by atoms with van der Waals surface area (Å²) < 4.78 is 14.6. The average molecular weight is 441 g/mol. The molecular formula is C25H32N2O3S. The molecule has 0 bridgehead atoms. The smallest absolute Gasteiger partial charge is 0.279 e. The second kappa shape index (κ2) is 11.3. The molecule has 6 heteroatoms. The van der Waals surface area contributed by atoms with Crippen LogP contribution in [0.25, 0.3) is 10.2 Å². The third-order valence-electron chi connectivity index (χ3n) is 5.07. The summed E-state index contributed by atoms with van der Waals surface area (Å²) >= 11 is 1.55. The minimum absolute atomic E-state index is 0.259. The summed E-state index contributed by atoms with van der Waals surface area (Å²) in [6, 6.07) is 11.6. The first kappa shape index (κ1) is 23.2. The van der Waals surface area contributed by atoms with Gasteiger partial charge >= 0.3 is 0 Å². The Morgan fingerprint density at radius 3 is 2.71 bits per heavy atom. The molecule has 0 saturated heterocycles. The number of carbonyl (C=O) groups excluding carboxylic acids is 1. The van der Waals surface area contributed by atoms with Crippen LogP contribution >= 0.6 is 11.3 Å². The van der Waals surface area contributed by atoms with Crippen molar-refractivity contribution in [1.29, 1.82) is 0 Å².